The Morgan fingerprint density at radius 3 is 2.97 bits per heavy atom. The quantitative estimate of drug-likeness (QED) is 0.255. The number of rotatable bonds is 7. The predicted octanol–water partition coefficient (Wildman–Crippen LogP) is 3.27. The van der Waals surface area contributed by atoms with Crippen LogP contribution in [0.25, 0.3) is 11.4 Å². The summed E-state index contributed by atoms with van der Waals surface area (Å²) in [5.41, 5.74) is 0.831. The van der Waals surface area contributed by atoms with Crippen LogP contribution in [0.15, 0.2) is 33.8 Å². The molecule has 2 aromatic heterocycles. The lowest BCUT2D eigenvalue weighted by atomic mass is 10.1. The van der Waals surface area contributed by atoms with Crippen LogP contribution in [-0.4, -0.2) is 50.0 Å². The fraction of sp³-hybridized carbons (Fsp3) is 0.476. The molecule has 1 aromatic carbocycles. The summed E-state index contributed by atoms with van der Waals surface area (Å²) >= 11 is 6.04. The Balaban J connectivity index is 0.00000289. The number of nitrogens with zero attached hydrogens (tertiary/aromatic N) is 6. The lowest BCUT2D eigenvalue weighted by molar-refractivity contribution is 0.379. The van der Waals surface area contributed by atoms with E-state index in [1.165, 1.54) is 0 Å². The highest BCUT2D eigenvalue weighted by molar-refractivity contribution is 14.0. The smallest absolute Gasteiger partial charge is 0.228 e. The first-order valence-corrected chi connectivity index (χ1v) is 11.1. The van der Waals surface area contributed by atoms with Crippen molar-refractivity contribution in [3.8, 4) is 11.4 Å². The van der Waals surface area contributed by atoms with E-state index in [9.17, 15) is 0 Å². The first-order chi connectivity index (χ1) is 15.1. The number of guanidine groups is 1. The van der Waals surface area contributed by atoms with E-state index in [4.69, 9.17) is 16.1 Å². The lowest BCUT2D eigenvalue weighted by Gasteiger charge is -2.25. The Morgan fingerprint density at radius 2 is 2.19 bits per heavy atom. The van der Waals surface area contributed by atoms with Crippen molar-refractivity contribution in [1.82, 2.24) is 35.5 Å². The molecule has 32 heavy (non-hydrogen) atoms. The van der Waals surface area contributed by atoms with E-state index < -0.39 is 0 Å². The third-order valence-corrected chi connectivity index (χ3v) is 5.28. The van der Waals surface area contributed by atoms with Crippen molar-refractivity contribution in [2.24, 2.45) is 4.99 Å². The van der Waals surface area contributed by atoms with E-state index in [1.54, 1.807) is 0 Å². The highest BCUT2D eigenvalue weighted by Gasteiger charge is 2.22. The van der Waals surface area contributed by atoms with Crippen LogP contribution < -0.4 is 10.6 Å². The topological polar surface area (TPSA) is 106 Å². The standard InChI is InChI=1S/C21H27ClN8O.HI/c1-3-17-26-18-9-8-16(13-30(18)28-17)25-21(23-4-2)24-11-10-19-27-20(29-31-19)14-6-5-7-15(22)12-14;/h5-7,12,16H,3-4,8-11,13H2,1-2H3,(H2,23,24,25);1H. The van der Waals surface area contributed by atoms with Gasteiger partial charge in [0.05, 0.1) is 13.1 Å². The molecule has 0 saturated heterocycles. The second-order valence-electron chi connectivity index (χ2n) is 7.39. The van der Waals surface area contributed by atoms with Gasteiger partial charge in [0.25, 0.3) is 0 Å². The summed E-state index contributed by atoms with van der Waals surface area (Å²) < 4.78 is 7.38. The van der Waals surface area contributed by atoms with Crippen molar-refractivity contribution in [2.75, 3.05) is 13.1 Å². The van der Waals surface area contributed by atoms with E-state index in [0.717, 1.165) is 55.5 Å². The molecule has 1 aliphatic rings. The van der Waals surface area contributed by atoms with Crippen molar-refractivity contribution in [3.05, 3.63) is 46.8 Å². The van der Waals surface area contributed by atoms with Gasteiger partial charge in [0.2, 0.25) is 11.7 Å². The third kappa shape index (κ3) is 6.18. The second-order valence-corrected chi connectivity index (χ2v) is 7.83. The molecule has 0 fully saturated rings. The van der Waals surface area contributed by atoms with Gasteiger partial charge >= 0.3 is 0 Å². The van der Waals surface area contributed by atoms with Crippen LogP contribution in [0.1, 0.15) is 37.8 Å². The molecular weight excluding hydrogens is 543 g/mol. The van der Waals surface area contributed by atoms with Gasteiger partial charge in [-0.15, -0.1) is 24.0 Å². The van der Waals surface area contributed by atoms with E-state index in [0.29, 0.717) is 29.7 Å². The van der Waals surface area contributed by atoms with Crippen LogP contribution >= 0.6 is 35.6 Å². The van der Waals surface area contributed by atoms with Gasteiger partial charge in [-0.25, -0.2) is 9.67 Å². The van der Waals surface area contributed by atoms with Gasteiger partial charge in [-0.2, -0.15) is 10.1 Å². The minimum absolute atomic E-state index is 0. The summed E-state index contributed by atoms with van der Waals surface area (Å²) in [7, 11) is 0. The Kier molecular flexibility index (Phi) is 8.85. The monoisotopic (exact) mass is 570 g/mol. The predicted molar refractivity (Wildman–Crippen MR) is 134 cm³/mol. The van der Waals surface area contributed by atoms with Gasteiger partial charge in [-0.05, 0) is 25.5 Å². The van der Waals surface area contributed by atoms with Crippen LogP contribution in [0.4, 0.5) is 0 Å². The minimum Gasteiger partial charge on any atom is -0.357 e. The molecule has 3 aromatic rings. The summed E-state index contributed by atoms with van der Waals surface area (Å²) in [6, 6.07) is 7.66. The van der Waals surface area contributed by atoms with E-state index in [2.05, 4.69) is 49.7 Å². The molecule has 11 heteroatoms. The molecular formula is C21H28ClIN8O. The zero-order valence-corrected chi connectivity index (χ0v) is 21.3. The van der Waals surface area contributed by atoms with Crippen molar-refractivity contribution < 1.29 is 4.52 Å². The van der Waals surface area contributed by atoms with Gasteiger partial charge < -0.3 is 15.2 Å². The minimum atomic E-state index is 0. The van der Waals surface area contributed by atoms with Crippen LogP contribution in [0.3, 0.4) is 0 Å². The first kappa shape index (κ1) is 24.4. The number of aliphatic imine (C=N–C) groups is 1. The van der Waals surface area contributed by atoms with Gasteiger partial charge in [0.1, 0.15) is 5.82 Å². The molecule has 1 aliphatic heterocycles. The molecule has 1 atom stereocenters. The number of hydrogen-bond donors (Lipinski definition) is 2. The molecule has 0 radical (unpaired) electrons. The average Bonchev–Trinajstić information content (AvgIpc) is 3.40. The number of hydrogen-bond acceptors (Lipinski definition) is 6. The Hall–Kier alpha value is -2.21. The Bertz CT molecular complexity index is 1050. The first-order valence-electron chi connectivity index (χ1n) is 10.7. The molecule has 0 bridgehead atoms. The third-order valence-electron chi connectivity index (χ3n) is 5.05. The number of halogens is 2. The van der Waals surface area contributed by atoms with Crippen LogP contribution in [0, 0.1) is 0 Å². The van der Waals surface area contributed by atoms with E-state index in [-0.39, 0.29) is 30.0 Å². The number of aromatic nitrogens is 5. The van der Waals surface area contributed by atoms with Crippen LogP contribution in [0.2, 0.25) is 5.02 Å². The fourth-order valence-electron chi connectivity index (χ4n) is 3.51. The van der Waals surface area contributed by atoms with Gasteiger partial charge in [-0.3, -0.25) is 4.99 Å². The number of nitrogens with one attached hydrogen (secondary N) is 2. The SMILES string of the molecule is CCNC(=NCCc1nc(-c2cccc(Cl)c2)no1)NC1CCc2nc(CC)nn2C1.I. The Labute approximate surface area is 209 Å². The molecule has 2 N–H and O–H groups in total. The van der Waals surface area contributed by atoms with Crippen LogP contribution in [-0.2, 0) is 25.8 Å². The van der Waals surface area contributed by atoms with Crippen molar-refractivity contribution in [3.63, 3.8) is 0 Å². The molecule has 172 valence electrons. The van der Waals surface area contributed by atoms with Crippen molar-refractivity contribution >= 4 is 41.5 Å². The maximum absolute atomic E-state index is 6.04. The Morgan fingerprint density at radius 1 is 1.31 bits per heavy atom. The van der Waals surface area contributed by atoms with E-state index >= 15 is 0 Å². The summed E-state index contributed by atoms with van der Waals surface area (Å²) in [6.45, 7) is 6.24. The molecule has 0 saturated carbocycles. The molecule has 3 heterocycles. The molecule has 1 unspecified atom stereocenters. The average molecular weight is 571 g/mol. The number of benzene rings is 1. The summed E-state index contributed by atoms with van der Waals surface area (Å²) in [6.07, 6.45) is 3.33. The van der Waals surface area contributed by atoms with Crippen LogP contribution in [0.5, 0.6) is 0 Å². The maximum atomic E-state index is 6.04. The van der Waals surface area contributed by atoms with E-state index in [1.807, 2.05) is 28.9 Å². The van der Waals surface area contributed by atoms with Gasteiger partial charge in [-0.1, -0.05) is 35.8 Å². The zero-order chi connectivity index (χ0) is 21.6. The second kappa shape index (κ2) is 11.6. The largest absolute Gasteiger partial charge is 0.357 e. The molecule has 0 aliphatic carbocycles. The molecule has 4 rings (SSSR count). The van der Waals surface area contributed by atoms with Crippen molar-refractivity contribution in [2.45, 2.75) is 52.1 Å². The fourth-order valence-corrected chi connectivity index (χ4v) is 3.70. The lowest BCUT2D eigenvalue weighted by Crippen LogP contribution is -2.47. The maximum Gasteiger partial charge on any atom is 0.228 e. The highest BCUT2D eigenvalue weighted by Crippen LogP contribution is 2.20. The van der Waals surface area contributed by atoms with Crippen molar-refractivity contribution in [1.29, 1.82) is 0 Å². The molecule has 9 nitrogen and oxygen atoms in total. The molecule has 0 spiro atoms. The number of aryl methyl sites for hydroxylation is 2. The molecule has 0 amide bonds. The summed E-state index contributed by atoms with van der Waals surface area (Å²) in [5, 5.41) is 16.1. The number of fused-ring (bicyclic) bond motifs is 1. The normalized spacial score (nSPS) is 15.7. The summed E-state index contributed by atoms with van der Waals surface area (Å²) in [5.74, 6) is 3.84. The van der Waals surface area contributed by atoms with Gasteiger partial charge in [0, 0.05) is 42.4 Å². The summed E-state index contributed by atoms with van der Waals surface area (Å²) in [4.78, 5) is 13.7. The zero-order valence-electron chi connectivity index (χ0n) is 18.2. The highest BCUT2D eigenvalue weighted by atomic mass is 127. The van der Waals surface area contributed by atoms with Gasteiger partial charge in [0.15, 0.2) is 11.8 Å².